The zero-order valence-corrected chi connectivity index (χ0v) is 18.4. The molecule has 0 aliphatic carbocycles. The predicted molar refractivity (Wildman–Crippen MR) is 118 cm³/mol. The van der Waals surface area contributed by atoms with Crippen molar-refractivity contribution < 1.29 is 18.3 Å². The van der Waals surface area contributed by atoms with Crippen LogP contribution in [0, 0.1) is 0 Å². The third-order valence-electron chi connectivity index (χ3n) is 3.59. The molecule has 8 heteroatoms. The first-order chi connectivity index (χ1) is 13.0. The molecule has 2 aromatic carbocycles. The summed E-state index contributed by atoms with van der Waals surface area (Å²) in [6.45, 7) is 1.95. The number of hydrogen-bond acceptors (Lipinski definition) is 3. The van der Waals surface area contributed by atoms with Crippen molar-refractivity contribution in [2.24, 2.45) is 4.99 Å². The minimum atomic E-state index is -2.86. The van der Waals surface area contributed by atoms with Gasteiger partial charge in [0, 0.05) is 25.7 Å². The fourth-order valence-electron chi connectivity index (χ4n) is 2.45. The van der Waals surface area contributed by atoms with Gasteiger partial charge in [0.15, 0.2) is 5.96 Å². The van der Waals surface area contributed by atoms with Gasteiger partial charge in [0.1, 0.15) is 11.5 Å². The zero-order chi connectivity index (χ0) is 19.6. The van der Waals surface area contributed by atoms with E-state index in [4.69, 9.17) is 4.74 Å². The molecule has 0 fully saturated rings. The summed E-state index contributed by atoms with van der Waals surface area (Å²) in [6, 6.07) is 14.5. The number of ether oxygens (including phenoxy) is 2. The SMILES string of the molecule is CN=C(NCc1cccc(OC(C)C)c1)NCc1ccccc1OC(F)F.I. The number of alkyl halides is 2. The third kappa shape index (κ3) is 8.28. The van der Waals surface area contributed by atoms with Gasteiger partial charge in [-0.05, 0) is 37.6 Å². The van der Waals surface area contributed by atoms with Gasteiger partial charge in [-0.3, -0.25) is 4.99 Å². The molecule has 0 unspecified atom stereocenters. The monoisotopic (exact) mass is 505 g/mol. The molecule has 0 saturated carbocycles. The molecule has 0 radical (unpaired) electrons. The van der Waals surface area contributed by atoms with E-state index in [2.05, 4.69) is 20.4 Å². The molecule has 2 N–H and O–H groups in total. The quantitative estimate of drug-likeness (QED) is 0.314. The standard InChI is InChI=1S/C20H25F2N3O2.HI/c1-14(2)26-17-9-6-7-15(11-17)12-24-20(23-3)25-13-16-8-4-5-10-18(16)27-19(21)22;/h4-11,14,19H,12-13H2,1-3H3,(H2,23,24,25);1H. The summed E-state index contributed by atoms with van der Waals surface area (Å²) in [5.74, 6) is 1.51. The van der Waals surface area contributed by atoms with Gasteiger partial charge >= 0.3 is 6.61 Å². The summed E-state index contributed by atoms with van der Waals surface area (Å²) in [5, 5.41) is 6.29. The number of rotatable bonds is 8. The summed E-state index contributed by atoms with van der Waals surface area (Å²) < 4.78 is 35.2. The molecule has 0 atom stereocenters. The van der Waals surface area contributed by atoms with Crippen LogP contribution in [0.25, 0.3) is 0 Å². The maximum atomic E-state index is 12.5. The van der Waals surface area contributed by atoms with Gasteiger partial charge < -0.3 is 20.1 Å². The van der Waals surface area contributed by atoms with Crippen LogP contribution in [0.3, 0.4) is 0 Å². The lowest BCUT2D eigenvalue weighted by Gasteiger charge is -2.15. The highest BCUT2D eigenvalue weighted by molar-refractivity contribution is 14.0. The highest BCUT2D eigenvalue weighted by Gasteiger charge is 2.09. The Balaban J connectivity index is 0.00000392. The molecule has 0 saturated heterocycles. The first kappa shape index (κ1) is 23.9. The molecule has 154 valence electrons. The number of aliphatic imine (C=N–C) groups is 1. The smallest absolute Gasteiger partial charge is 0.387 e. The van der Waals surface area contributed by atoms with E-state index in [1.165, 1.54) is 6.07 Å². The van der Waals surface area contributed by atoms with Gasteiger partial charge in [-0.15, -0.1) is 24.0 Å². The fourth-order valence-corrected chi connectivity index (χ4v) is 2.45. The molecule has 0 aliphatic heterocycles. The Morgan fingerprint density at radius 2 is 1.71 bits per heavy atom. The Hall–Kier alpha value is -2.10. The fraction of sp³-hybridized carbons (Fsp3) is 0.350. The van der Waals surface area contributed by atoms with Crippen LogP contribution in [-0.4, -0.2) is 25.7 Å². The Labute approximate surface area is 181 Å². The number of guanidine groups is 1. The second-order valence-corrected chi connectivity index (χ2v) is 6.08. The van der Waals surface area contributed by atoms with Crippen LogP contribution in [0.5, 0.6) is 11.5 Å². The Kier molecular flexibility index (Phi) is 10.6. The molecule has 2 aromatic rings. The zero-order valence-electron chi connectivity index (χ0n) is 16.1. The van der Waals surface area contributed by atoms with Crippen LogP contribution in [0.2, 0.25) is 0 Å². The molecular weight excluding hydrogens is 479 g/mol. The van der Waals surface area contributed by atoms with Crippen molar-refractivity contribution in [2.75, 3.05) is 7.05 Å². The van der Waals surface area contributed by atoms with Gasteiger partial charge in [0.05, 0.1) is 6.10 Å². The van der Waals surface area contributed by atoms with Crippen LogP contribution < -0.4 is 20.1 Å². The summed E-state index contributed by atoms with van der Waals surface area (Å²) in [4.78, 5) is 4.15. The summed E-state index contributed by atoms with van der Waals surface area (Å²) in [5.41, 5.74) is 1.66. The van der Waals surface area contributed by atoms with Crippen molar-refractivity contribution >= 4 is 29.9 Å². The van der Waals surface area contributed by atoms with Crippen LogP contribution in [0.1, 0.15) is 25.0 Å². The lowest BCUT2D eigenvalue weighted by Crippen LogP contribution is -2.36. The van der Waals surface area contributed by atoms with Gasteiger partial charge in [0.2, 0.25) is 0 Å². The molecule has 28 heavy (non-hydrogen) atoms. The molecule has 0 aromatic heterocycles. The normalized spacial score (nSPS) is 11.2. The van der Waals surface area contributed by atoms with Crippen molar-refractivity contribution in [2.45, 2.75) is 39.7 Å². The van der Waals surface area contributed by atoms with Gasteiger partial charge in [-0.1, -0.05) is 30.3 Å². The third-order valence-corrected chi connectivity index (χ3v) is 3.59. The van der Waals surface area contributed by atoms with E-state index < -0.39 is 6.61 Å². The first-order valence-corrected chi connectivity index (χ1v) is 8.70. The van der Waals surface area contributed by atoms with Crippen molar-refractivity contribution in [3.8, 4) is 11.5 Å². The molecule has 0 heterocycles. The van der Waals surface area contributed by atoms with Crippen molar-refractivity contribution in [1.82, 2.24) is 10.6 Å². The number of halogens is 3. The lowest BCUT2D eigenvalue weighted by atomic mass is 10.2. The minimum absolute atomic E-state index is 0. The number of hydrogen-bond donors (Lipinski definition) is 2. The van der Waals surface area contributed by atoms with E-state index in [-0.39, 0.29) is 35.8 Å². The second kappa shape index (κ2) is 12.4. The molecule has 2 rings (SSSR count). The highest BCUT2D eigenvalue weighted by Crippen LogP contribution is 2.20. The molecule has 0 aliphatic rings. The van der Waals surface area contributed by atoms with Crippen LogP contribution in [0.4, 0.5) is 8.78 Å². The van der Waals surface area contributed by atoms with E-state index in [0.29, 0.717) is 24.6 Å². The molecule has 0 amide bonds. The highest BCUT2D eigenvalue weighted by atomic mass is 127. The average Bonchev–Trinajstić information content (AvgIpc) is 2.62. The number of nitrogens with zero attached hydrogens (tertiary/aromatic N) is 1. The van der Waals surface area contributed by atoms with Crippen LogP contribution >= 0.6 is 24.0 Å². The molecule has 5 nitrogen and oxygen atoms in total. The van der Waals surface area contributed by atoms with E-state index in [0.717, 1.165) is 11.3 Å². The Bertz CT molecular complexity index is 758. The molecule has 0 spiro atoms. The summed E-state index contributed by atoms with van der Waals surface area (Å²) in [6.07, 6.45) is 0.109. The number of benzene rings is 2. The minimum Gasteiger partial charge on any atom is -0.491 e. The Morgan fingerprint density at radius 1 is 1.00 bits per heavy atom. The predicted octanol–water partition coefficient (Wildman–Crippen LogP) is 4.56. The largest absolute Gasteiger partial charge is 0.491 e. The average molecular weight is 505 g/mol. The van der Waals surface area contributed by atoms with Crippen LogP contribution in [-0.2, 0) is 13.1 Å². The summed E-state index contributed by atoms with van der Waals surface area (Å²) >= 11 is 0. The van der Waals surface area contributed by atoms with Crippen LogP contribution in [0.15, 0.2) is 53.5 Å². The number of nitrogens with one attached hydrogen (secondary N) is 2. The summed E-state index contributed by atoms with van der Waals surface area (Å²) in [7, 11) is 1.65. The van der Waals surface area contributed by atoms with Crippen molar-refractivity contribution in [3.05, 3.63) is 59.7 Å². The first-order valence-electron chi connectivity index (χ1n) is 8.70. The van der Waals surface area contributed by atoms with Gasteiger partial charge in [-0.25, -0.2) is 0 Å². The van der Waals surface area contributed by atoms with Crippen molar-refractivity contribution in [1.29, 1.82) is 0 Å². The maximum absolute atomic E-state index is 12.5. The maximum Gasteiger partial charge on any atom is 0.387 e. The second-order valence-electron chi connectivity index (χ2n) is 6.08. The molecule has 0 bridgehead atoms. The van der Waals surface area contributed by atoms with E-state index in [1.54, 1.807) is 25.2 Å². The van der Waals surface area contributed by atoms with Gasteiger partial charge in [-0.2, -0.15) is 8.78 Å². The molecular formula is C20H26F2IN3O2. The lowest BCUT2D eigenvalue weighted by molar-refractivity contribution is -0.0504. The Morgan fingerprint density at radius 3 is 2.39 bits per heavy atom. The van der Waals surface area contributed by atoms with Crippen molar-refractivity contribution in [3.63, 3.8) is 0 Å². The topological polar surface area (TPSA) is 54.9 Å². The van der Waals surface area contributed by atoms with E-state index in [9.17, 15) is 8.78 Å². The van der Waals surface area contributed by atoms with Gasteiger partial charge in [0.25, 0.3) is 0 Å². The van der Waals surface area contributed by atoms with E-state index >= 15 is 0 Å². The van der Waals surface area contributed by atoms with E-state index in [1.807, 2.05) is 38.1 Å². The number of para-hydroxylation sites is 1.